The van der Waals surface area contributed by atoms with Crippen molar-refractivity contribution in [3.63, 3.8) is 0 Å². The summed E-state index contributed by atoms with van der Waals surface area (Å²) in [4.78, 5) is 0. The maximum absolute atomic E-state index is 2.44. The van der Waals surface area contributed by atoms with E-state index < -0.39 is 32.3 Å². The molecule has 0 fully saturated rings. The second kappa shape index (κ2) is 9.27. The first-order chi connectivity index (χ1) is 11.5. The van der Waals surface area contributed by atoms with Gasteiger partial charge in [0.15, 0.2) is 0 Å². The fraction of sp³-hybridized carbons (Fsp3) is 0.545. The van der Waals surface area contributed by atoms with Crippen molar-refractivity contribution in [3.05, 3.63) is 36.4 Å². The Morgan fingerprint density at radius 3 is 0.926 bits per heavy atom. The van der Waals surface area contributed by atoms with E-state index in [-0.39, 0.29) is 17.1 Å². The summed E-state index contributed by atoms with van der Waals surface area (Å²) in [7, 11) is -4.40. The van der Waals surface area contributed by atoms with Gasteiger partial charge < -0.3 is 0 Å². The summed E-state index contributed by atoms with van der Waals surface area (Å²) >= 11 is 0. The van der Waals surface area contributed by atoms with Crippen molar-refractivity contribution < 1.29 is 17.1 Å². The number of hydrogen-bond donors (Lipinski definition) is 0. The SMILES string of the molecule is C[Si](C)(C)c1ccc[c-]1[Si](C)(C)C.C[Si](C)(C)c1ccc[c-]1[Si](C)(C)C.[Fe+2]. The summed E-state index contributed by atoms with van der Waals surface area (Å²) in [6, 6.07) is 13.9. The fourth-order valence-corrected chi connectivity index (χ4v) is 13.9. The molecule has 154 valence electrons. The van der Waals surface area contributed by atoms with Crippen LogP contribution in [-0.4, -0.2) is 32.3 Å². The standard InChI is InChI=1S/2C11H21Si2.Fe/c2*1-12(2,3)10-8-7-9-11(10)13(4,5)6;/h2*7-9H,1-6H3;/q2*-1;+2. The van der Waals surface area contributed by atoms with Gasteiger partial charge in [0, 0.05) is 16.1 Å². The summed E-state index contributed by atoms with van der Waals surface area (Å²) in [6.07, 6.45) is 0. The Hall–Kier alpha value is 0.0870. The summed E-state index contributed by atoms with van der Waals surface area (Å²) in [6.45, 7) is 29.2. The smallest absolute Gasteiger partial charge is 0.214 e. The molecule has 0 bridgehead atoms. The molecule has 0 atom stereocenters. The van der Waals surface area contributed by atoms with Crippen LogP contribution >= 0.6 is 0 Å². The maximum atomic E-state index is 2.44. The van der Waals surface area contributed by atoms with Gasteiger partial charge in [0.2, 0.25) is 0 Å². The summed E-state index contributed by atoms with van der Waals surface area (Å²) in [5.41, 5.74) is 0. The van der Waals surface area contributed by atoms with E-state index >= 15 is 0 Å². The first-order valence-corrected chi connectivity index (χ1v) is 24.0. The van der Waals surface area contributed by atoms with E-state index in [1.807, 2.05) is 0 Å². The Kier molecular flexibility index (Phi) is 9.30. The minimum Gasteiger partial charge on any atom is -0.214 e. The molecule has 0 aliphatic heterocycles. The molecule has 0 aliphatic carbocycles. The number of rotatable bonds is 4. The van der Waals surface area contributed by atoms with Crippen molar-refractivity contribution in [2.24, 2.45) is 0 Å². The molecule has 0 spiro atoms. The maximum Gasteiger partial charge on any atom is 2.00 e. The molecule has 0 N–H and O–H groups in total. The van der Waals surface area contributed by atoms with Crippen molar-refractivity contribution in [2.45, 2.75) is 78.6 Å². The predicted octanol–water partition coefficient (Wildman–Crippen LogP) is 4.99. The van der Waals surface area contributed by atoms with Crippen molar-refractivity contribution in [3.8, 4) is 0 Å². The molecule has 2 aromatic rings. The third kappa shape index (κ3) is 7.79. The van der Waals surface area contributed by atoms with Crippen molar-refractivity contribution in [2.75, 3.05) is 0 Å². The molecule has 0 saturated heterocycles. The Morgan fingerprint density at radius 2 is 0.778 bits per heavy atom. The van der Waals surface area contributed by atoms with Crippen molar-refractivity contribution in [1.29, 1.82) is 0 Å². The molecular weight excluding hydrogens is 432 g/mol. The van der Waals surface area contributed by atoms with Gasteiger partial charge in [-0.05, 0) is 0 Å². The minimum atomic E-state index is -1.10. The normalized spacial score (nSPS) is 12.9. The molecule has 0 radical (unpaired) electrons. The van der Waals surface area contributed by atoms with Crippen molar-refractivity contribution in [1.82, 2.24) is 0 Å². The minimum absolute atomic E-state index is 0. The third-order valence-electron chi connectivity index (χ3n) is 4.86. The van der Waals surface area contributed by atoms with E-state index in [2.05, 4.69) is 115 Å². The van der Waals surface area contributed by atoms with Gasteiger partial charge in [-0.1, -0.05) is 78.6 Å². The number of hydrogen-bond acceptors (Lipinski definition) is 0. The van der Waals surface area contributed by atoms with Crippen LogP contribution in [-0.2, 0) is 17.1 Å². The zero-order valence-corrected chi connectivity index (χ0v) is 24.9. The van der Waals surface area contributed by atoms with Crippen LogP contribution in [0.25, 0.3) is 0 Å². The molecule has 0 saturated carbocycles. The Labute approximate surface area is 184 Å². The van der Waals surface area contributed by atoms with Crippen LogP contribution in [0, 0.1) is 0 Å². The molecule has 2 aromatic carbocycles. The molecular formula is C22H42FeSi4. The van der Waals surface area contributed by atoms with Gasteiger partial charge in [-0.15, -0.1) is 0 Å². The molecule has 0 aliphatic rings. The van der Waals surface area contributed by atoms with Gasteiger partial charge in [-0.3, -0.25) is 0 Å². The van der Waals surface area contributed by atoms with Crippen LogP contribution in [0.5, 0.6) is 0 Å². The fourth-order valence-electron chi connectivity index (χ4n) is 3.46. The van der Waals surface area contributed by atoms with Crippen LogP contribution in [0.4, 0.5) is 0 Å². The molecule has 0 unspecified atom stereocenters. The largest absolute Gasteiger partial charge is 2.00 e. The first-order valence-electron chi connectivity index (χ1n) is 9.99. The van der Waals surface area contributed by atoms with Crippen molar-refractivity contribution >= 4 is 53.0 Å². The molecule has 0 aromatic heterocycles. The Bertz CT molecular complexity index is 579. The predicted molar refractivity (Wildman–Crippen MR) is 136 cm³/mol. The van der Waals surface area contributed by atoms with Gasteiger partial charge in [-0.2, -0.15) is 32.9 Å². The second-order valence-electron chi connectivity index (χ2n) is 11.7. The summed E-state index contributed by atoms with van der Waals surface area (Å²) in [5, 5.41) is 6.75. The van der Waals surface area contributed by atoms with Gasteiger partial charge in [0.25, 0.3) is 0 Å². The Morgan fingerprint density at radius 1 is 0.519 bits per heavy atom. The van der Waals surface area contributed by atoms with E-state index in [0.717, 1.165) is 0 Å². The summed E-state index contributed by atoms with van der Waals surface area (Å²) < 4.78 is 0. The average molecular weight is 475 g/mol. The van der Waals surface area contributed by atoms with Crippen LogP contribution in [0.3, 0.4) is 0 Å². The molecule has 0 nitrogen and oxygen atoms in total. The molecule has 0 heterocycles. The monoisotopic (exact) mass is 474 g/mol. The molecule has 27 heavy (non-hydrogen) atoms. The second-order valence-corrected chi connectivity index (χ2v) is 31.9. The molecule has 2 rings (SSSR count). The van der Waals surface area contributed by atoms with Gasteiger partial charge in [0.1, 0.15) is 0 Å². The van der Waals surface area contributed by atoms with Gasteiger partial charge in [0.05, 0.1) is 16.1 Å². The molecule has 0 amide bonds. The first kappa shape index (κ1) is 27.1. The third-order valence-corrected chi connectivity index (χ3v) is 13.6. The summed E-state index contributed by atoms with van der Waals surface area (Å²) in [5.74, 6) is 0. The van der Waals surface area contributed by atoms with E-state index in [0.29, 0.717) is 0 Å². The Balaban J connectivity index is 0.000000483. The van der Waals surface area contributed by atoms with Crippen LogP contribution in [0.1, 0.15) is 0 Å². The van der Waals surface area contributed by atoms with Crippen LogP contribution in [0.15, 0.2) is 36.4 Å². The molecule has 5 heteroatoms. The average Bonchev–Trinajstić information content (AvgIpc) is 3.06. The van der Waals surface area contributed by atoms with Gasteiger partial charge >= 0.3 is 17.1 Å². The quantitative estimate of drug-likeness (QED) is 0.433. The van der Waals surface area contributed by atoms with Gasteiger partial charge in [-0.25, -0.2) is 24.3 Å². The van der Waals surface area contributed by atoms with E-state index in [9.17, 15) is 0 Å². The van der Waals surface area contributed by atoms with E-state index in [4.69, 9.17) is 0 Å². The zero-order chi connectivity index (χ0) is 20.6. The van der Waals surface area contributed by atoms with Crippen LogP contribution in [0.2, 0.25) is 78.6 Å². The topological polar surface area (TPSA) is 0 Å². The van der Waals surface area contributed by atoms with Crippen LogP contribution < -0.4 is 20.7 Å². The van der Waals surface area contributed by atoms with E-state index in [1.165, 1.54) is 0 Å². The zero-order valence-electron chi connectivity index (χ0n) is 19.8. The van der Waals surface area contributed by atoms with E-state index in [1.54, 1.807) is 20.7 Å².